The molecule has 1 fully saturated rings. The summed E-state index contributed by atoms with van der Waals surface area (Å²) in [6.45, 7) is 15.0. The Morgan fingerprint density at radius 3 is 1.95 bits per heavy atom. The first-order valence-corrected chi connectivity index (χ1v) is 9.31. The van der Waals surface area contributed by atoms with Crippen molar-refractivity contribution in [3.05, 3.63) is 0 Å². The second-order valence-electron chi connectivity index (χ2n) is 8.62. The molecule has 0 aliphatic heterocycles. The zero-order valence-corrected chi connectivity index (χ0v) is 16.0. The number of hydrogen-bond donors (Lipinski definition) is 0. The number of hydrogen-bond acceptors (Lipinski definition) is 1. The molecule has 114 valence electrons. The Kier molecular flexibility index (Phi) is 6.20. The summed E-state index contributed by atoms with van der Waals surface area (Å²) in [7, 11) is 0. The van der Waals surface area contributed by atoms with Crippen molar-refractivity contribution in [2.24, 2.45) is 16.7 Å². The zero-order valence-electron chi connectivity index (χ0n) is 13.8. The van der Waals surface area contributed by atoms with Crippen molar-refractivity contribution in [2.45, 2.75) is 79.2 Å². The van der Waals surface area contributed by atoms with Crippen LogP contribution in [0, 0.1) is 16.7 Å². The van der Waals surface area contributed by atoms with Gasteiger partial charge in [-0.25, -0.2) is 0 Å². The van der Waals surface area contributed by atoms with Gasteiger partial charge in [-0.1, -0.05) is 64.1 Å². The Morgan fingerprint density at radius 1 is 1.05 bits per heavy atom. The smallest absolute Gasteiger partial charge is 0.0771 e. The predicted molar refractivity (Wildman–Crippen MR) is 93.1 cm³/mol. The quantitative estimate of drug-likeness (QED) is 0.439. The SMILES string of the molecule is CC(C)(C)CCOC1(CI)CCC(C(C)(C)C)CC1. The first-order chi connectivity index (χ1) is 8.58. The lowest BCUT2D eigenvalue weighted by Gasteiger charge is -2.43. The minimum absolute atomic E-state index is 0.174. The molecule has 0 amide bonds. The summed E-state index contributed by atoms with van der Waals surface area (Å²) in [6.07, 6.45) is 6.34. The molecule has 0 saturated heterocycles. The predicted octanol–water partition coefficient (Wildman–Crippen LogP) is 5.85. The Balaban J connectivity index is 2.47. The largest absolute Gasteiger partial charge is 0.374 e. The minimum Gasteiger partial charge on any atom is -0.374 e. The highest BCUT2D eigenvalue weighted by Gasteiger charge is 2.38. The Bertz CT molecular complexity index is 258. The van der Waals surface area contributed by atoms with Gasteiger partial charge in [0.1, 0.15) is 0 Å². The monoisotopic (exact) mass is 380 g/mol. The van der Waals surface area contributed by atoms with E-state index in [9.17, 15) is 0 Å². The van der Waals surface area contributed by atoms with Gasteiger partial charge in [-0.05, 0) is 48.9 Å². The Morgan fingerprint density at radius 2 is 1.58 bits per heavy atom. The van der Waals surface area contributed by atoms with Crippen molar-refractivity contribution >= 4 is 22.6 Å². The van der Waals surface area contributed by atoms with Crippen LogP contribution in [0.25, 0.3) is 0 Å². The highest BCUT2D eigenvalue weighted by Crippen LogP contribution is 2.43. The normalized spacial score (nSPS) is 29.5. The molecule has 1 rings (SSSR count). The molecule has 0 aromatic rings. The maximum atomic E-state index is 6.35. The summed E-state index contributed by atoms with van der Waals surface area (Å²) < 4.78 is 7.49. The molecule has 19 heavy (non-hydrogen) atoms. The molecule has 0 spiro atoms. The van der Waals surface area contributed by atoms with E-state index in [4.69, 9.17) is 4.74 Å². The molecule has 1 aliphatic carbocycles. The number of alkyl halides is 1. The summed E-state index contributed by atoms with van der Waals surface area (Å²) in [5.74, 6) is 0.870. The maximum absolute atomic E-state index is 6.35. The topological polar surface area (TPSA) is 9.23 Å². The minimum atomic E-state index is 0.174. The molecule has 0 radical (unpaired) electrons. The van der Waals surface area contributed by atoms with E-state index < -0.39 is 0 Å². The molecule has 0 atom stereocenters. The van der Waals surface area contributed by atoms with Gasteiger partial charge in [-0.3, -0.25) is 0 Å². The summed E-state index contributed by atoms with van der Waals surface area (Å²) in [5.41, 5.74) is 1.02. The van der Waals surface area contributed by atoms with Gasteiger partial charge in [0.2, 0.25) is 0 Å². The van der Waals surface area contributed by atoms with Crippen LogP contribution in [0.1, 0.15) is 73.6 Å². The lowest BCUT2D eigenvalue weighted by atomic mass is 9.69. The van der Waals surface area contributed by atoms with Gasteiger partial charge in [0, 0.05) is 11.0 Å². The first-order valence-electron chi connectivity index (χ1n) is 7.78. The van der Waals surface area contributed by atoms with E-state index in [0.717, 1.165) is 23.4 Å². The molecule has 0 aromatic carbocycles. The third kappa shape index (κ3) is 5.91. The third-order valence-electron chi connectivity index (χ3n) is 4.63. The Labute approximate surface area is 134 Å². The van der Waals surface area contributed by atoms with Gasteiger partial charge in [0.05, 0.1) is 5.60 Å². The number of ether oxygens (including phenoxy) is 1. The van der Waals surface area contributed by atoms with E-state index in [1.807, 2.05) is 0 Å². The zero-order chi connectivity index (χ0) is 14.7. The van der Waals surface area contributed by atoms with Crippen LogP contribution in [0.3, 0.4) is 0 Å². The van der Waals surface area contributed by atoms with Crippen LogP contribution in [0.4, 0.5) is 0 Å². The molecular formula is C17H33IO. The molecule has 0 heterocycles. The lowest BCUT2D eigenvalue weighted by Crippen LogP contribution is -2.41. The molecule has 0 N–H and O–H groups in total. The van der Waals surface area contributed by atoms with Crippen LogP contribution in [0.5, 0.6) is 0 Å². The van der Waals surface area contributed by atoms with Gasteiger partial charge in [-0.15, -0.1) is 0 Å². The van der Waals surface area contributed by atoms with E-state index in [2.05, 4.69) is 64.1 Å². The van der Waals surface area contributed by atoms with Crippen molar-refractivity contribution < 1.29 is 4.74 Å². The van der Waals surface area contributed by atoms with E-state index in [-0.39, 0.29) is 5.60 Å². The van der Waals surface area contributed by atoms with Crippen LogP contribution >= 0.6 is 22.6 Å². The molecule has 0 unspecified atom stereocenters. The molecular weight excluding hydrogens is 347 g/mol. The van der Waals surface area contributed by atoms with E-state index in [1.54, 1.807) is 0 Å². The highest BCUT2D eigenvalue weighted by atomic mass is 127. The first kappa shape index (κ1) is 17.7. The third-order valence-corrected chi connectivity index (χ3v) is 6.02. The van der Waals surface area contributed by atoms with E-state index in [0.29, 0.717) is 10.8 Å². The summed E-state index contributed by atoms with van der Waals surface area (Å²) in [4.78, 5) is 0. The number of halogens is 1. The van der Waals surface area contributed by atoms with Gasteiger partial charge < -0.3 is 4.74 Å². The fourth-order valence-corrected chi connectivity index (χ4v) is 3.88. The van der Waals surface area contributed by atoms with Gasteiger partial charge in [0.25, 0.3) is 0 Å². The molecule has 2 heteroatoms. The van der Waals surface area contributed by atoms with E-state index >= 15 is 0 Å². The van der Waals surface area contributed by atoms with Gasteiger partial charge in [-0.2, -0.15) is 0 Å². The van der Waals surface area contributed by atoms with Crippen molar-refractivity contribution in [3.8, 4) is 0 Å². The highest BCUT2D eigenvalue weighted by molar-refractivity contribution is 14.1. The van der Waals surface area contributed by atoms with Crippen molar-refractivity contribution in [3.63, 3.8) is 0 Å². The summed E-state index contributed by atoms with van der Waals surface area (Å²) >= 11 is 2.52. The fourth-order valence-electron chi connectivity index (χ4n) is 2.90. The Hall–Kier alpha value is 0.690. The number of rotatable bonds is 4. The second kappa shape index (κ2) is 6.64. The summed E-state index contributed by atoms with van der Waals surface area (Å²) in [5, 5.41) is 0. The summed E-state index contributed by atoms with van der Waals surface area (Å²) in [6, 6.07) is 0. The van der Waals surface area contributed by atoms with Crippen LogP contribution in [-0.4, -0.2) is 16.6 Å². The maximum Gasteiger partial charge on any atom is 0.0771 e. The average Bonchev–Trinajstić information content (AvgIpc) is 2.26. The second-order valence-corrected chi connectivity index (χ2v) is 9.38. The molecule has 1 nitrogen and oxygen atoms in total. The van der Waals surface area contributed by atoms with Crippen LogP contribution < -0.4 is 0 Å². The van der Waals surface area contributed by atoms with Crippen LogP contribution in [-0.2, 0) is 4.74 Å². The van der Waals surface area contributed by atoms with E-state index in [1.165, 1.54) is 25.7 Å². The lowest BCUT2D eigenvalue weighted by molar-refractivity contribution is -0.0741. The molecule has 1 saturated carbocycles. The van der Waals surface area contributed by atoms with Gasteiger partial charge in [0.15, 0.2) is 0 Å². The molecule has 0 aromatic heterocycles. The molecule has 0 bridgehead atoms. The van der Waals surface area contributed by atoms with Crippen molar-refractivity contribution in [1.29, 1.82) is 0 Å². The van der Waals surface area contributed by atoms with Crippen LogP contribution in [0.2, 0.25) is 0 Å². The van der Waals surface area contributed by atoms with Crippen LogP contribution in [0.15, 0.2) is 0 Å². The van der Waals surface area contributed by atoms with Crippen molar-refractivity contribution in [1.82, 2.24) is 0 Å². The average molecular weight is 380 g/mol. The van der Waals surface area contributed by atoms with Crippen molar-refractivity contribution in [2.75, 3.05) is 11.0 Å². The van der Waals surface area contributed by atoms with Gasteiger partial charge >= 0.3 is 0 Å². The fraction of sp³-hybridized carbons (Fsp3) is 1.00. The molecule has 1 aliphatic rings. The standard InChI is InChI=1S/C17H33IO/c1-15(2,3)11-12-19-17(13-18)9-7-14(8-10-17)16(4,5)6/h14H,7-13H2,1-6H3.